The first-order valence-corrected chi connectivity index (χ1v) is 18.2. The number of fused-ring (bicyclic) bond motifs is 3. The normalized spacial score (nSPS) is 14.7. The summed E-state index contributed by atoms with van der Waals surface area (Å²) in [6.45, 7) is 5.88. The van der Waals surface area contributed by atoms with Gasteiger partial charge in [-0.25, -0.2) is 9.37 Å². The summed E-state index contributed by atoms with van der Waals surface area (Å²) in [5, 5.41) is 9.36. The van der Waals surface area contributed by atoms with E-state index in [0.29, 0.717) is 46.9 Å². The molecule has 0 spiro atoms. The summed E-state index contributed by atoms with van der Waals surface area (Å²) in [6, 6.07) is 15.2. The molecule has 6 aromatic rings. The molecular formula is C40H41FN6O3S. The van der Waals surface area contributed by atoms with Gasteiger partial charge in [0.05, 0.1) is 34.3 Å². The van der Waals surface area contributed by atoms with Crippen molar-refractivity contribution < 1.29 is 18.3 Å². The fraction of sp³-hybridized carbons (Fsp3) is 0.325. The number of carbonyl (C=O) groups is 1. The number of halogens is 1. The summed E-state index contributed by atoms with van der Waals surface area (Å²) in [5.41, 5.74) is 20.3. The molecule has 1 amide bonds. The van der Waals surface area contributed by atoms with Crippen LogP contribution in [-0.2, 0) is 32.1 Å². The SMILES string of the molecule is COc1cccc2c1CCC2.Cc1nnc(-c2c(CC3CCc4cc(F)ccc43)nc(CC(C)C)c(C(N)=O)c2-c2cc3ccnc(N)c3s2)o1. The number of primary amides is 1. The van der Waals surface area contributed by atoms with Gasteiger partial charge < -0.3 is 20.6 Å². The molecule has 0 fully saturated rings. The average Bonchev–Trinajstić information content (AvgIpc) is 3.91. The van der Waals surface area contributed by atoms with E-state index in [0.717, 1.165) is 50.4 Å². The molecule has 0 saturated heterocycles. The van der Waals surface area contributed by atoms with Gasteiger partial charge in [-0.3, -0.25) is 9.78 Å². The highest BCUT2D eigenvalue weighted by Crippen LogP contribution is 2.46. The minimum Gasteiger partial charge on any atom is -0.496 e. The lowest BCUT2D eigenvalue weighted by Crippen LogP contribution is -2.20. The number of aromatic nitrogens is 4. The van der Waals surface area contributed by atoms with Crippen LogP contribution in [0.1, 0.15) is 82.5 Å². The van der Waals surface area contributed by atoms with Crippen LogP contribution >= 0.6 is 11.3 Å². The van der Waals surface area contributed by atoms with Crippen molar-refractivity contribution in [1.82, 2.24) is 20.2 Å². The molecule has 0 saturated carbocycles. The largest absolute Gasteiger partial charge is 0.496 e. The molecule has 0 aliphatic heterocycles. The zero-order chi connectivity index (χ0) is 35.8. The van der Waals surface area contributed by atoms with Crippen molar-refractivity contribution in [1.29, 1.82) is 0 Å². The second-order valence-corrected chi connectivity index (χ2v) is 14.7. The van der Waals surface area contributed by atoms with Crippen LogP contribution in [0.15, 0.2) is 59.1 Å². The number of carbonyl (C=O) groups excluding carboxylic acids is 1. The molecule has 9 nitrogen and oxygen atoms in total. The Hall–Kier alpha value is -5.16. The Bertz CT molecular complexity index is 2260. The number of thiophene rings is 1. The number of nitrogens with two attached hydrogens (primary N) is 2. The van der Waals surface area contributed by atoms with E-state index < -0.39 is 5.91 Å². The van der Waals surface area contributed by atoms with E-state index in [1.54, 1.807) is 26.3 Å². The van der Waals surface area contributed by atoms with Crippen LogP contribution in [0, 0.1) is 18.7 Å². The van der Waals surface area contributed by atoms with Crippen LogP contribution < -0.4 is 16.2 Å². The average molecular weight is 705 g/mol. The number of nitrogen functional groups attached to an aromatic ring is 1. The molecule has 8 rings (SSSR count). The zero-order valence-electron chi connectivity index (χ0n) is 29.3. The summed E-state index contributed by atoms with van der Waals surface area (Å²) >= 11 is 1.44. The van der Waals surface area contributed by atoms with Gasteiger partial charge in [0, 0.05) is 23.6 Å². The summed E-state index contributed by atoms with van der Waals surface area (Å²) in [5.74, 6) is 1.68. The standard InChI is InChI=1S/C30H29FN6O2S.C10H12O/c1-14(2)10-21-24(29(33)38)26(23-13-18-8-9-34-28(32)27(18)40-23)25(30-37-36-15(3)39-30)22(35-21)12-17-5-4-16-11-19(31)6-7-20(16)17;1-11-10-7-3-5-8-4-2-6-9(8)10/h6-9,11,13-14,17H,4-5,10,12H2,1-3H3,(H2,32,34)(H2,33,38);3,5,7H,2,4,6H2,1H3. The summed E-state index contributed by atoms with van der Waals surface area (Å²) in [6.07, 6.45) is 8.14. The third-order valence-corrected chi connectivity index (χ3v) is 10.9. The lowest BCUT2D eigenvalue weighted by atomic mass is 9.88. The Kier molecular flexibility index (Phi) is 9.56. The topological polar surface area (TPSA) is 143 Å². The Balaban J connectivity index is 0.000000313. The molecule has 0 bridgehead atoms. The van der Waals surface area contributed by atoms with Crippen molar-refractivity contribution in [2.45, 2.75) is 71.6 Å². The number of nitrogens with zero attached hydrogens (tertiary/aromatic N) is 4. The van der Waals surface area contributed by atoms with Gasteiger partial charge >= 0.3 is 0 Å². The fourth-order valence-electron chi connectivity index (χ4n) is 7.51. The Labute approximate surface area is 300 Å². The lowest BCUT2D eigenvalue weighted by Gasteiger charge is -2.21. The van der Waals surface area contributed by atoms with Gasteiger partial charge in [0.15, 0.2) is 0 Å². The molecule has 2 aliphatic carbocycles. The van der Waals surface area contributed by atoms with Crippen LogP contribution in [0.25, 0.3) is 32.0 Å². The van der Waals surface area contributed by atoms with Crippen molar-refractivity contribution in [2.75, 3.05) is 12.8 Å². The first-order valence-electron chi connectivity index (χ1n) is 17.3. The van der Waals surface area contributed by atoms with E-state index >= 15 is 0 Å². The summed E-state index contributed by atoms with van der Waals surface area (Å²) in [4.78, 5) is 23.3. The number of hydrogen-bond acceptors (Lipinski definition) is 9. The number of benzene rings is 2. The molecule has 4 aromatic heterocycles. The highest BCUT2D eigenvalue weighted by Gasteiger charge is 2.32. The van der Waals surface area contributed by atoms with Crippen LogP contribution in [0.5, 0.6) is 5.75 Å². The highest BCUT2D eigenvalue weighted by molar-refractivity contribution is 7.22. The van der Waals surface area contributed by atoms with E-state index in [-0.39, 0.29) is 23.5 Å². The van der Waals surface area contributed by atoms with Crippen LogP contribution in [0.2, 0.25) is 0 Å². The predicted octanol–water partition coefficient (Wildman–Crippen LogP) is 8.19. The van der Waals surface area contributed by atoms with Gasteiger partial charge in [-0.05, 0) is 115 Å². The number of aryl methyl sites for hydroxylation is 3. The third-order valence-electron chi connectivity index (χ3n) is 9.71. The molecule has 2 aliphatic rings. The van der Waals surface area contributed by atoms with Gasteiger partial charge in [-0.2, -0.15) is 0 Å². The fourth-order valence-corrected chi connectivity index (χ4v) is 8.63. The van der Waals surface area contributed by atoms with E-state index in [1.807, 2.05) is 24.3 Å². The number of hydrogen-bond donors (Lipinski definition) is 2. The Morgan fingerprint density at radius 3 is 2.63 bits per heavy atom. The molecule has 11 heteroatoms. The third kappa shape index (κ3) is 6.82. The maximum atomic E-state index is 14.0. The van der Waals surface area contributed by atoms with Crippen molar-refractivity contribution in [3.05, 3.63) is 106 Å². The number of pyridine rings is 2. The minimum atomic E-state index is -0.576. The smallest absolute Gasteiger partial charge is 0.251 e. The molecule has 1 atom stereocenters. The van der Waals surface area contributed by atoms with E-state index in [4.69, 9.17) is 25.6 Å². The minimum absolute atomic E-state index is 0.118. The number of ether oxygens (including phenoxy) is 1. The van der Waals surface area contributed by atoms with Gasteiger partial charge in [-0.15, -0.1) is 21.5 Å². The molecular weight excluding hydrogens is 664 g/mol. The molecule has 0 radical (unpaired) electrons. The van der Waals surface area contributed by atoms with Gasteiger partial charge in [0.2, 0.25) is 11.8 Å². The van der Waals surface area contributed by atoms with Crippen LogP contribution in [0.4, 0.5) is 10.2 Å². The highest BCUT2D eigenvalue weighted by atomic mass is 32.1. The van der Waals surface area contributed by atoms with E-state index in [1.165, 1.54) is 47.8 Å². The van der Waals surface area contributed by atoms with Crippen molar-refractivity contribution in [3.63, 3.8) is 0 Å². The molecule has 262 valence electrons. The first-order chi connectivity index (χ1) is 24.6. The number of rotatable bonds is 8. The van der Waals surface area contributed by atoms with Crippen LogP contribution in [0.3, 0.4) is 0 Å². The molecule has 51 heavy (non-hydrogen) atoms. The van der Waals surface area contributed by atoms with Gasteiger partial charge in [0.1, 0.15) is 17.4 Å². The number of anilines is 1. The zero-order valence-corrected chi connectivity index (χ0v) is 30.1. The predicted molar refractivity (Wildman–Crippen MR) is 199 cm³/mol. The second kappa shape index (κ2) is 14.2. The van der Waals surface area contributed by atoms with Crippen molar-refractivity contribution in [3.8, 4) is 27.6 Å². The van der Waals surface area contributed by atoms with Crippen molar-refractivity contribution >= 4 is 33.1 Å². The quantitative estimate of drug-likeness (QED) is 0.161. The van der Waals surface area contributed by atoms with Gasteiger partial charge in [-0.1, -0.05) is 32.0 Å². The maximum absolute atomic E-state index is 14.0. The monoisotopic (exact) mass is 704 g/mol. The molecule has 2 aromatic carbocycles. The molecule has 4 N–H and O–H groups in total. The first kappa shape index (κ1) is 34.3. The number of amides is 1. The Morgan fingerprint density at radius 1 is 1.06 bits per heavy atom. The van der Waals surface area contributed by atoms with E-state index in [9.17, 15) is 9.18 Å². The summed E-state index contributed by atoms with van der Waals surface area (Å²) < 4.78 is 26.0. The van der Waals surface area contributed by atoms with Crippen molar-refractivity contribution in [2.24, 2.45) is 11.7 Å². The molecule has 1 unspecified atom stereocenters. The van der Waals surface area contributed by atoms with Crippen LogP contribution in [-0.4, -0.2) is 33.2 Å². The lowest BCUT2D eigenvalue weighted by molar-refractivity contribution is 0.0999. The van der Waals surface area contributed by atoms with Gasteiger partial charge in [0.25, 0.3) is 5.91 Å². The number of methoxy groups -OCH3 is 1. The maximum Gasteiger partial charge on any atom is 0.251 e. The molecule has 4 heterocycles. The van der Waals surface area contributed by atoms with E-state index in [2.05, 4.69) is 41.2 Å². The Morgan fingerprint density at radius 2 is 1.90 bits per heavy atom. The second-order valence-electron chi connectivity index (χ2n) is 13.7. The summed E-state index contributed by atoms with van der Waals surface area (Å²) in [7, 11) is 1.74.